The largest absolute Gasteiger partial charge is 0.457 e. The number of hydrogen-bond acceptors (Lipinski definition) is 1. The molecule has 82 valence electrons. The van der Waals surface area contributed by atoms with Crippen LogP contribution in [0.4, 0.5) is 0 Å². The first-order valence-electron chi connectivity index (χ1n) is 5.30. The van der Waals surface area contributed by atoms with Gasteiger partial charge in [-0.1, -0.05) is 36.7 Å². The van der Waals surface area contributed by atoms with E-state index >= 15 is 0 Å². The Bertz CT molecular complexity index is 462. The second-order valence-corrected chi connectivity index (χ2v) is 3.99. The lowest BCUT2D eigenvalue weighted by molar-refractivity contribution is 0.482. The average Bonchev–Trinajstić information content (AvgIpc) is 2.30. The number of hydrogen-bond donors (Lipinski definition) is 0. The van der Waals surface area contributed by atoms with Crippen LogP contribution in [0.1, 0.15) is 12.5 Å². The van der Waals surface area contributed by atoms with E-state index < -0.39 is 0 Å². The third-order valence-corrected chi connectivity index (χ3v) is 2.60. The second kappa shape index (κ2) is 5.04. The summed E-state index contributed by atoms with van der Waals surface area (Å²) < 4.78 is 5.67. The van der Waals surface area contributed by atoms with E-state index in [4.69, 9.17) is 16.3 Å². The van der Waals surface area contributed by atoms with Crippen LogP contribution in [0.2, 0.25) is 5.02 Å². The fourth-order valence-corrected chi connectivity index (χ4v) is 1.64. The van der Waals surface area contributed by atoms with Crippen LogP contribution in [0.3, 0.4) is 0 Å². The van der Waals surface area contributed by atoms with E-state index in [9.17, 15) is 0 Å². The molecular weight excluding hydrogens is 220 g/mol. The molecule has 16 heavy (non-hydrogen) atoms. The van der Waals surface area contributed by atoms with Crippen molar-refractivity contribution < 1.29 is 4.74 Å². The maximum absolute atomic E-state index is 5.88. The van der Waals surface area contributed by atoms with E-state index in [1.165, 1.54) is 5.56 Å². The molecule has 2 rings (SSSR count). The van der Waals surface area contributed by atoms with Crippen molar-refractivity contribution in [3.05, 3.63) is 59.1 Å². The molecule has 0 saturated carbocycles. The first-order valence-corrected chi connectivity index (χ1v) is 5.68. The van der Waals surface area contributed by atoms with Gasteiger partial charge in [0.05, 0.1) is 0 Å². The molecule has 1 nitrogen and oxygen atoms in total. The summed E-state index contributed by atoms with van der Waals surface area (Å²) in [7, 11) is 0. The first kappa shape index (κ1) is 11.0. The molecule has 0 radical (unpaired) electrons. The van der Waals surface area contributed by atoms with Gasteiger partial charge < -0.3 is 4.74 Å². The molecule has 0 unspecified atom stereocenters. The Kier molecular flexibility index (Phi) is 3.47. The van der Waals surface area contributed by atoms with Gasteiger partial charge in [0, 0.05) is 5.02 Å². The lowest BCUT2D eigenvalue weighted by atomic mass is 10.2. The summed E-state index contributed by atoms with van der Waals surface area (Å²) in [6.07, 6.45) is 1.04. The van der Waals surface area contributed by atoms with Crippen molar-refractivity contribution in [2.75, 3.05) is 0 Å². The highest BCUT2D eigenvalue weighted by Crippen LogP contribution is 2.24. The SMILES string of the molecule is CCc1ccc(Oc2cccc(Cl)c2)cc1. The van der Waals surface area contributed by atoms with E-state index in [1.807, 2.05) is 30.3 Å². The Balaban J connectivity index is 2.14. The van der Waals surface area contributed by atoms with Gasteiger partial charge in [0.15, 0.2) is 0 Å². The van der Waals surface area contributed by atoms with Crippen LogP contribution in [0, 0.1) is 0 Å². The van der Waals surface area contributed by atoms with E-state index in [0.717, 1.165) is 17.9 Å². The predicted octanol–water partition coefficient (Wildman–Crippen LogP) is 4.69. The zero-order valence-corrected chi connectivity index (χ0v) is 9.87. The van der Waals surface area contributed by atoms with Crippen molar-refractivity contribution in [1.29, 1.82) is 0 Å². The predicted molar refractivity (Wildman–Crippen MR) is 67.3 cm³/mol. The molecule has 0 aliphatic rings. The number of benzene rings is 2. The van der Waals surface area contributed by atoms with Gasteiger partial charge in [-0.3, -0.25) is 0 Å². The average molecular weight is 233 g/mol. The van der Waals surface area contributed by atoms with E-state index in [-0.39, 0.29) is 0 Å². The van der Waals surface area contributed by atoms with Crippen LogP contribution in [-0.2, 0) is 6.42 Å². The molecule has 0 saturated heterocycles. The van der Waals surface area contributed by atoms with Gasteiger partial charge in [-0.25, -0.2) is 0 Å². The molecular formula is C14H13ClO. The maximum atomic E-state index is 5.88. The summed E-state index contributed by atoms with van der Waals surface area (Å²) in [6, 6.07) is 15.5. The molecule has 2 aromatic rings. The standard InChI is InChI=1S/C14H13ClO/c1-2-11-6-8-13(9-7-11)16-14-5-3-4-12(15)10-14/h3-10H,2H2,1H3. The lowest BCUT2D eigenvalue weighted by Gasteiger charge is -2.06. The van der Waals surface area contributed by atoms with Gasteiger partial charge in [-0.05, 0) is 42.3 Å². The first-order chi connectivity index (χ1) is 7.78. The van der Waals surface area contributed by atoms with Crippen molar-refractivity contribution in [3.8, 4) is 11.5 Å². The van der Waals surface area contributed by atoms with Crippen molar-refractivity contribution in [1.82, 2.24) is 0 Å². The zero-order chi connectivity index (χ0) is 11.4. The molecule has 0 amide bonds. The van der Waals surface area contributed by atoms with Crippen LogP contribution in [0.25, 0.3) is 0 Å². The number of halogens is 1. The maximum Gasteiger partial charge on any atom is 0.128 e. The van der Waals surface area contributed by atoms with Gasteiger partial charge in [-0.2, -0.15) is 0 Å². The van der Waals surface area contributed by atoms with Crippen molar-refractivity contribution in [2.45, 2.75) is 13.3 Å². The monoisotopic (exact) mass is 232 g/mol. The van der Waals surface area contributed by atoms with E-state index in [1.54, 1.807) is 6.07 Å². The van der Waals surface area contributed by atoms with Crippen LogP contribution >= 0.6 is 11.6 Å². The third kappa shape index (κ3) is 2.77. The quantitative estimate of drug-likeness (QED) is 0.746. The Morgan fingerprint density at radius 3 is 2.38 bits per heavy atom. The molecule has 0 fully saturated rings. The summed E-state index contributed by atoms with van der Waals surface area (Å²) in [5.41, 5.74) is 1.30. The lowest BCUT2D eigenvalue weighted by Crippen LogP contribution is -1.85. The molecule has 0 atom stereocenters. The summed E-state index contributed by atoms with van der Waals surface area (Å²) >= 11 is 5.88. The number of ether oxygens (including phenoxy) is 1. The Labute approximate surface area is 101 Å². The van der Waals surface area contributed by atoms with Crippen molar-refractivity contribution in [3.63, 3.8) is 0 Å². The molecule has 0 spiro atoms. The third-order valence-electron chi connectivity index (χ3n) is 2.36. The molecule has 0 aliphatic carbocycles. The van der Waals surface area contributed by atoms with Crippen LogP contribution in [0.5, 0.6) is 11.5 Å². The van der Waals surface area contributed by atoms with Gasteiger partial charge in [0.25, 0.3) is 0 Å². The van der Waals surface area contributed by atoms with Crippen molar-refractivity contribution in [2.24, 2.45) is 0 Å². The number of aryl methyl sites for hydroxylation is 1. The molecule has 0 N–H and O–H groups in total. The Morgan fingerprint density at radius 2 is 1.75 bits per heavy atom. The highest BCUT2D eigenvalue weighted by atomic mass is 35.5. The second-order valence-electron chi connectivity index (χ2n) is 3.56. The van der Waals surface area contributed by atoms with Gasteiger partial charge >= 0.3 is 0 Å². The molecule has 2 heteroatoms. The molecule has 0 aliphatic heterocycles. The van der Waals surface area contributed by atoms with Crippen LogP contribution in [0.15, 0.2) is 48.5 Å². The fourth-order valence-electron chi connectivity index (χ4n) is 1.46. The summed E-state index contributed by atoms with van der Waals surface area (Å²) in [4.78, 5) is 0. The molecule has 2 aromatic carbocycles. The minimum Gasteiger partial charge on any atom is -0.457 e. The smallest absolute Gasteiger partial charge is 0.128 e. The minimum atomic E-state index is 0.683. The van der Waals surface area contributed by atoms with Gasteiger partial charge in [-0.15, -0.1) is 0 Å². The molecule has 0 aromatic heterocycles. The zero-order valence-electron chi connectivity index (χ0n) is 9.11. The fraction of sp³-hybridized carbons (Fsp3) is 0.143. The normalized spacial score (nSPS) is 10.1. The summed E-state index contributed by atoms with van der Waals surface area (Å²) in [5.74, 6) is 1.59. The number of rotatable bonds is 3. The van der Waals surface area contributed by atoms with Crippen LogP contribution in [-0.4, -0.2) is 0 Å². The molecule has 0 bridgehead atoms. The van der Waals surface area contributed by atoms with Crippen LogP contribution < -0.4 is 4.74 Å². The summed E-state index contributed by atoms with van der Waals surface area (Å²) in [5, 5.41) is 0.683. The topological polar surface area (TPSA) is 9.23 Å². The summed E-state index contributed by atoms with van der Waals surface area (Å²) in [6.45, 7) is 2.13. The van der Waals surface area contributed by atoms with E-state index in [2.05, 4.69) is 19.1 Å². The van der Waals surface area contributed by atoms with Crippen molar-refractivity contribution >= 4 is 11.6 Å². The Hall–Kier alpha value is -1.47. The highest BCUT2D eigenvalue weighted by molar-refractivity contribution is 6.30. The highest BCUT2D eigenvalue weighted by Gasteiger charge is 1.97. The van der Waals surface area contributed by atoms with E-state index in [0.29, 0.717) is 5.02 Å². The molecule has 0 heterocycles. The van der Waals surface area contributed by atoms with Gasteiger partial charge in [0.1, 0.15) is 11.5 Å². The Morgan fingerprint density at radius 1 is 1.00 bits per heavy atom. The van der Waals surface area contributed by atoms with Gasteiger partial charge in [0.2, 0.25) is 0 Å². The minimum absolute atomic E-state index is 0.683.